The van der Waals surface area contributed by atoms with E-state index >= 15 is 0 Å². The van der Waals surface area contributed by atoms with Gasteiger partial charge >= 0.3 is 0 Å². The fourth-order valence-corrected chi connectivity index (χ4v) is 4.60. The molecule has 4 rings (SSSR count). The lowest BCUT2D eigenvalue weighted by molar-refractivity contribution is 0.352. The fourth-order valence-electron chi connectivity index (χ4n) is 3.98. The number of hydrogen-bond acceptors (Lipinski definition) is 6. The van der Waals surface area contributed by atoms with Crippen molar-refractivity contribution in [2.24, 2.45) is 5.92 Å². The molecular weight excluding hydrogens is 448 g/mol. The van der Waals surface area contributed by atoms with Crippen LogP contribution in [0, 0.1) is 22.7 Å². The van der Waals surface area contributed by atoms with Gasteiger partial charge in [0.15, 0.2) is 11.5 Å². The number of rotatable bonds is 4. The zero-order valence-corrected chi connectivity index (χ0v) is 18.2. The molecule has 0 radical (unpaired) electrons. The third-order valence-corrected chi connectivity index (χ3v) is 5.91. The molecule has 0 amide bonds. The van der Waals surface area contributed by atoms with Crippen LogP contribution in [-0.2, 0) is 0 Å². The van der Waals surface area contributed by atoms with E-state index in [1.54, 1.807) is 21.3 Å². The first-order chi connectivity index (χ1) is 14.5. The maximum atomic E-state index is 9.89. The summed E-state index contributed by atoms with van der Waals surface area (Å²) in [4.78, 5) is 0. The second-order valence-electron chi connectivity index (χ2n) is 6.83. The Kier molecular flexibility index (Phi) is 5.27. The van der Waals surface area contributed by atoms with Crippen molar-refractivity contribution in [1.82, 2.24) is 0 Å². The average Bonchev–Trinajstić information content (AvgIpc) is 2.77. The minimum Gasteiger partial charge on any atom is -0.496 e. The zero-order valence-electron chi connectivity index (χ0n) is 16.7. The van der Waals surface area contributed by atoms with E-state index in [0.717, 1.165) is 21.9 Å². The van der Waals surface area contributed by atoms with Gasteiger partial charge in [0.05, 0.1) is 31.9 Å². The molecule has 0 saturated heterocycles. The van der Waals surface area contributed by atoms with Gasteiger partial charge in [-0.05, 0) is 39.7 Å². The van der Waals surface area contributed by atoms with E-state index < -0.39 is 11.8 Å². The summed E-state index contributed by atoms with van der Waals surface area (Å²) < 4.78 is 23.1. The van der Waals surface area contributed by atoms with Gasteiger partial charge in [-0.2, -0.15) is 5.26 Å². The lowest BCUT2D eigenvalue weighted by Gasteiger charge is -2.32. The molecule has 0 aliphatic carbocycles. The number of ether oxygens (including phenoxy) is 4. The van der Waals surface area contributed by atoms with Crippen molar-refractivity contribution >= 4 is 32.6 Å². The summed E-state index contributed by atoms with van der Waals surface area (Å²) in [6.45, 7) is 0. The Balaban J connectivity index is 2.04. The Morgan fingerprint density at radius 1 is 1.00 bits per heavy atom. The lowest BCUT2D eigenvalue weighted by atomic mass is 9.78. The van der Waals surface area contributed by atoms with Crippen LogP contribution in [-0.4, -0.2) is 27.2 Å². The number of nitriles is 1. The van der Waals surface area contributed by atoms with Gasteiger partial charge in [0.2, 0.25) is 5.90 Å². The van der Waals surface area contributed by atoms with Gasteiger partial charge < -0.3 is 18.9 Å². The molecule has 2 atom stereocenters. The normalized spacial score (nSPS) is 17.6. The van der Waals surface area contributed by atoms with E-state index in [9.17, 15) is 5.26 Å². The molecule has 0 spiro atoms. The number of halogens is 1. The third kappa shape index (κ3) is 3.04. The van der Waals surface area contributed by atoms with Crippen molar-refractivity contribution in [1.29, 1.82) is 10.7 Å². The van der Waals surface area contributed by atoms with Crippen LogP contribution < -0.4 is 18.9 Å². The molecule has 3 aromatic rings. The number of nitrogens with zero attached hydrogens (tertiary/aromatic N) is 1. The fraction of sp³-hybridized carbons (Fsp3) is 0.217. The minimum absolute atomic E-state index is 0.0868. The van der Waals surface area contributed by atoms with Crippen LogP contribution in [0.15, 0.2) is 46.9 Å². The summed E-state index contributed by atoms with van der Waals surface area (Å²) in [5, 5.41) is 20.0. The highest BCUT2D eigenvalue weighted by Crippen LogP contribution is 2.50. The van der Waals surface area contributed by atoms with Crippen molar-refractivity contribution in [2.45, 2.75) is 5.92 Å². The molecule has 1 aliphatic rings. The third-order valence-electron chi connectivity index (χ3n) is 5.32. The quantitative estimate of drug-likeness (QED) is 0.565. The predicted molar refractivity (Wildman–Crippen MR) is 117 cm³/mol. The molecule has 7 heteroatoms. The van der Waals surface area contributed by atoms with E-state index in [4.69, 9.17) is 24.4 Å². The molecular formula is C23H19BrN2O4. The maximum absolute atomic E-state index is 9.89. The summed E-state index contributed by atoms with van der Waals surface area (Å²) in [6, 6.07) is 15.6. The molecule has 1 N–H and O–H groups in total. The van der Waals surface area contributed by atoms with Crippen LogP contribution in [0.5, 0.6) is 23.0 Å². The SMILES string of the molecule is COc1cc(C2c3cc(OC)c4ccccc4c3OC(=N)C2C#N)cc(Br)c1OC. The van der Waals surface area contributed by atoms with Gasteiger partial charge in [0.25, 0.3) is 0 Å². The Hall–Kier alpha value is -3.24. The number of nitrogens with one attached hydrogen (secondary N) is 1. The second kappa shape index (κ2) is 7.88. The van der Waals surface area contributed by atoms with E-state index in [-0.39, 0.29) is 5.90 Å². The highest BCUT2D eigenvalue weighted by atomic mass is 79.9. The van der Waals surface area contributed by atoms with Gasteiger partial charge in [-0.3, -0.25) is 5.41 Å². The molecule has 0 aromatic heterocycles. The van der Waals surface area contributed by atoms with Gasteiger partial charge in [-0.15, -0.1) is 0 Å². The smallest absolute Gasteiger partial charge is 0.205 e. The molecule has 152 valence electrons. The summed E-state index contributed by atoms with van der Waals surface area (Å²) in [5.74, 6) is 1.02. The maximum Gasteiger partial charge on any atom is 0.205 e. The van der Waals surface area contributed by atoms with Crippen molar-refractivity contribution in [3.63, 3.8) is 0 Å². The van der Waals surface area contributed by atoms with Crippen LogP contribution in [0.25, 0.3) is 10.8 Å². The molecule has 3 aromatic carbocycles. The molecule has 30 heavy (non-hydrogen) atoms. The Labute approximate surface area is 182 Å². The molecule has 0 fully saturated rings. The Morgan fingerprint density at radius 3 is 2.33 bits per heavy atom. The molecule has 0 saturated carbocycles. The molecule has 0 bridgehead atoms. The van der Waals surface area contributed by atoms with Crippen LogP contribution in [0.2, 0.25) is 0 Å². The Morgan fingerprint density at radius 2 is 1.70 bits per heavy atom. The summed E-state index contributed by atoms with van der Waals surface area (Å²) in [5.41, 5.74) is 1.59. The van der Waals surface area contributed by atoms with E-state index in [2.05, 4.69) is 22.0 Å². The first kappa shape index (κ1) is 20.0. The van der Waals surface area contributed by atoms with Crippen LogP contribution in [0.1, 0.15) is 17.0 Å². The monoisotopic (exact) mass is 466 g/mol. The average molecular weight is 467 g/mol. The molecule has 1 heterocycles. The largest absolute Gasteiger partial charge is 0.496 e. The summed E-state index contributed by atoms with van der Waals surface area (Å²) in [7, 11) is 4.74. The van der Waals surface area contributed by atoms with Gasteiger partial charge in [-0.25, -0.2) is 0 Å². The lowest BCUT2D eigenvalue weighted by Crippen LogP contribution is -2.31. The van der Waals surface area contributed by atoms with Gasteiger partial charge in [0.1, 0.15) is 17.4 Å². The predicted octanol–water partition coefficient (Wildman–Crippen LogP) is 5.27. The van der Waals surface area contributed by atoms with Crippen molar-refractivity contribution in [3.05, 3.63) is 58.1 Å². The van der Waals surface area contributed by atoms with Crippen LogP contribution >= 0.6 is 15.9 Å². The number of benzene rings is 3. The topological polar surface area (TPSA) is 84.6 Å². The zero-order chi connectivity index (χ0) is 21.4. The number of fused-ring (bicyclic) bond motifs is 3. The highest BCUT2D eigenvalue weighted by Gasteiger charge is 2.39. The standard InChI is InChI=1S/C23H19BrN2O4/c1-27-18-10-15-20(12-8-17(24)22(29-3)19(9-12)28-2)16(11-25)23(26)30-21(15)14-7-5-4-6-13(14)18/h4-10,16,20,26H,1-3H3. The molecule has 6 nitrogen and oxygen atoms in total. The van der Waals surface area contributed by atoms with Crippen molar-refractivity contribution in [2.75, 3.05) is 21.3 Å². The van der Waals surface area contributed by atoms with E-state index in [1.807, 2.05) is 42.5 Å². The molecule has 2 unspecified atom stereocenters. The van der Waals surface area contributed by atoms with Crippen molar-refractivity contribution < 1.29 is 18.9 Å². The van der Waals surface area contributed by atoms with E-state index in [0.29, 0.717) is 27.5 Å². The summed E-state index contributed by atoms with van der Waals surface area (Å²) >= 11 is 3.53. The summed E-state index contributed by atoms with van der Waals surface area (Å²) in [6.07, 6.45) is 0. The van der Waals surface area contributed by atoms with Crippen LogP contribution in [0.4, 0.5) is 0 Å². The van der Waals surface area contributed by atoms with Crippen molar-refractivity contribution in [3.8, 4) is 29.1 Å². The highest BCUT2D eigenvalue weighted by molar-refractivity contribution is 9.10. The van der Waals surface area contributed by atoms with Crippen LogP contribution in [0.3, 0.4) is 0 Å². The second-order valence-corrected chi connectivity index (χ2v) is 7.69. The first-order valence-corrected chi connectivity index (χ1v) is 10.00. The molecule has 1 aliphatic heterocycles. The van der Waals surface area contributed by atoms with Gasteiger partial charge in [0, 0.05) is 22.3 Å². The van der Waals surface area contributed by atoms with Gasteiger partial charge in [-0.1, -0.05) is 24.3 Å². The first-order valence-electron chi connectivity index (χ1n) is 9.21. The number of methoxy groups -OCH3 is 3. The van der Waals surface area contributed by atoms with E-state index in [1.165, 1.54) is 0 Å². The minimum atomic E-state index is -0.798. The Bertz CT molecular complexity index is 1200. The number of hydrogen-bond donors (Lipinski definition) is 1.